The Kier molecular flexibility index (Phi) is 3.55. The number of aliphatic carboxylic acids is 1. The lowest BCUT2D eigenvalue weighted by Gasteiger charge is -2.36. The maximum Gasteiger partial charge on any atom is 0.319 e. The molecule has 0 aromatic heterocycles. The van der Waals surface area contributed by atoms with Gasteiger partial charge in [-0.15, -0.1) is 0 Å². The Labute approximate surface area is 89.7 Å². The van der Waals surface area contributed by atoms with Crippen LogP contribution in [-0.2, 0) is 4.79 Å². The largest absolute Gasteiger partial charge is 0.481 e. The number of nitrogens with zero attached hydrogens (tertiary/aromatic N) is 2. The molecule has 1 rings (SSSR count). The number of carboxylic acid groups (broad SMARTS) is 1. The summed E-state index contributed by atoms with van der Waals surface area (Å²) in [6.07, 6.45) is 0.659. The molecule has 0 saturated carbocycles. The van der Waals surface area contributed by atoms with Gasteiger partial charge in [0.25, 0.3) is 0 Å². The average Bonchev–Trinajstić information content (AvgIpc) is 2.15. The van der Waals surface area contributed by atoms with Gasteiger partial charge in [0.05, 0.1) is 5.92 Å². The van der Waals surface area contributed by atoms with Gasteiger partial charge in [-0.1, -0.05) is 6.92 Å². The maximum absolute atomic E-state index is 11.7. The Balaban J connectivity index is 2.67. The summed E-state index contributed by atoms with van der Waals surface area (Å²) >= 11 is 0. The lowest BCUT2D eigenvalue weighted by Crippen LogP contribution is -2.49. The highest BCUT2D eigenvalue weighted by Crippen LogP contribution is 2.22. The van der Waals surface area contributed by atoms with Crippen LogP contribution in [-0.4, -0.2) is 54.1 Å². The number of likely N-dealkylation sites (tertiary alicyclic amines) is 1. The quantitative estimate of drug-likeness (QED) is 0.699. The molecule has 2 unspecified atom stereocenters. The highest BCUT2D eigenvalue weighted by atomic mass is 16.4. The predicted octanol–water partition coefficient (Wildman–Crippen LogP) is 0.711. The van der Waals surface area contributed by atoms with Crippen molar-refractivity contribution in [1.82, 2.24) is 9.80 Å². The third-order valence-electron chi connectivity index (χ3n) is 2.66. The lowest BCUT2D eigenvalue weighted by atomic mass is 9.91. The fraction of sp³-hybridized carbons (Fsp3) is 0.800. The van der Waals surface area contributed by atoms with E-state index in [1.807, 2.05) is 6.92 Å². The Hall–Kier alpha value is -1.26. The summed E-state index contributed by atoms with van der Waals surface area (Å²) < 4.78 is 0. The van der Waals surface area contributed by atoms with E-state index in [1.54, 1.807) is 19.0 Å². The molecule has 5 nitrogen and oxygen atoms in total. The van der Waals surface area contributed by atoms with Gasteiger partial charge in [-0.05, 0) is 12.3 Å². The van der Waals surface area contributed by atoms with Crippen LogP contribution in [0.3, 0.4) is 0 Å². The molecule has 0 spiro atoms. The van der Waals surface area contributed by atoms with Gasteiger partial charge in [-0.25, -0.2) is 4.79 Å². The first-order valence-corrected chi connectivity index (χ1v) is 5.10. The minimum absolute atomic E-state index is 0.104. The monoisotopic (exact) mass is 214 g/mol. The normalized spacial score (nSPS) is 26.2. The fourth-order valence-corrected chi connectivity index (χ4v) is 1.97. The van der Waals surface area contributed by atoms with Crippen LogP contribution in [0.5, 0.6) is 0 Å². The number of amides is 2. The molecule has 0 bridgehead atoms. The third kappa shape index (κ3) is 2.84. The zero-order valence-corrected chi connectivity index (χ0v) is 9.43. The SMILES string of the molecule is CC1CC(C(=O)O)CN(C(=O)N(C)C)C1. The topological polar surface area (TPSA) is 60.9 Å². The number of carbonyl (C=O) groups excluding carboxylic acids is 1. The smallest absolute Gasteiger partial charge is 0.319 e. The lowest BCUT2D eigenvalue weighted by molar-refractivity contribution is -0.143. The van der Waals surface area contributed by atoms with Crippen LogP contribution in [0.15, 0.2) is 0 Å². The van der Waals surface area contributed by atoms with E-state index in [0.29, 0.717) is 19.5 Å². The van der Waals surface area contributed by atoms with Crippen molar-refractivity contribution in [3.63, 3.8) is 0 Å². The summed E-state index contributed by atoms with van der Waals surface area (Å²) in [5.74, 6) is -0.973. The zero-order chi connectivity index (χ0) is 11.6. The van der Waals surface area contributed by atoms with Gasteiger partial charge in [0.15, 0.2) is 0 Å². The number of rotatable bonds is 1. The zero-order valence-electron chi connectivity index (χ0n) is 9.43. The van der Waals surface area contributed by atoms with Crippen LogP contribution in [0, 0.1) is 11.8 Å². The number of urea groups is 1. The van der Waals surface area contributed by atoms with E-state index in [4.69, 9.17) is 5.11 Å². The molecule has 0 radical (unpaired) electrons. The second-order valence-electron chi connectivity index (χ2n) is 4.46. The average molecular weight is 214 g/mol. The third-order valence-corrected chi connectivity index (χ3v) is 2.66. The van der Waals surface area contributed by atoms with Crippen molar-refractivity contribution in [2.24, 2.45) is 11.8 Å². The summed E-state index contributed by atoms with van der Waals surface area (Å²) in [5, 5.41) is 8.94. The number of carboxylic acids is 1. The van der Waals surface area contributed by atoms with Gasteiger partial charge in [0.2, 0.25) is 0 Å². The fourth-order valence-electron chi connectivity index (χ4n) is 1.97. The molecule has 1 N–H and O–H groups in total. The van der Waals surface area contributed by atoms with E-state index < -0.39 is 11.9 Å². The molecule has 0 aromatic carbocycles. The van der Waals surface area contributed by atoms with Gasteiger partial charge in [0, 0.05) is 27.2 Å². The summed E-state index contributed by atoms with van der Waals surface area (Å²) in [6.45, 7) is 2.96. The first-order chi connectivity index (χ1) is 6.91. The van der Waals surface area contributed by atoms with Crippen molar-refractivity contribution in [3.05, 3.63) is 0 Å². The number of piperidine rings is 1. The number of hydrogen-bond donors (Lipinski definition) is 1. The molecule has 86 valence electrons. The van der Waals surface area contributed by atoms with E-state index in [-0.39, 0.29) is 11.9 Å². The molecule has 1 heterocycles. The Morgan fingerprint density at radius 2 is 1.93 bits per heavy atom. The summed E-state index contributed by atoms with van der Waals surface area (Å²) in [6, 6.07) is -0.104. The molecule has 2 atom stereocenters. The first-order valence-electron chi connectivity index (χ1n) is 5.10. The number of hydrogen-bond acceptors (Lipinski definition) is 2. The van der Waals surface area contributed by atoms with Crippen LogP contribution >= 0.6 is 0 Å². The molecule has 15 heavy (non-hydrogen) atoms. The maximum atomic E-state index is 11.7. The van der Waals surface area contributed by atoms with E-state index >= 15 is 0 Å². The standard InChI is InChI=1S/C10H18N2O3/c1-7-4-8(9(13)14)6-12(5-7)10(15)11(2)3/h7-8H,4-6H2,1-3H3,(H,13,14). The molecule has 1 fully saturated rings. The first kappa shape index (κ1) is 11.8. The molecule has 0 aliphatic carbocycles. The van der Waals surface area contributed by atoms with Crippen molar-refractivity contribution >= 4 is 12.0 Å². The highest BCUT2D eigenvalue weighted by Gasteiger charge is 2.32. The molecule has 5 heteroatoms. The molecule has 1 aliphatic rings. The summed E-state index contributed by atoms with van der Waals surface area (Å²) in [4.78, 5) is 25.7. The van der Waals surface area contributed by atoms with Gasteiger partial charge < -0.3 is 14.9 Å². The molecular formula is C10H18N2O3. The van der Waals surface area contributed by atoms with Crippen LogP contribution in [0.4, 0.5) is 4.79 Å². The van der Waals surface area contributed by atoms with Crippen molar-refractivity contribution in [3.8, 4) is 0 Å². The molecule has 1 aliphatic heterocycles. The van der Waals surface area contributed by atoms with Crippen LogP contribution < -0.4 is 0 Å². The molecule has 1 saturated heterocycles. The van der Waals surface area contributed by atoms with Gasteiger partial charge in [0.1, 0.15) is 0 Å². The second kappa shape index (κ2) is 4.51. The molecule has 2 amide bonds. The van der Waals surface area contributed by atoms with E-state index in [9.17, 15) is 9.59 Å². The predicted molar refractivity (Wildman–Crippen MR) is 55.6 cm³/mol. The van der Waals surface area contributed by atoms with Crippen molar-refractivity contribution in [1.29, 1.82) is 0 Å². The number of carbonyl (C=O) groups is 2. The highest BCUT2D eigenvalue weighted by molar-refractivity contribution is 5.76. The van der Waals surface area contributed by atoms with E-state index in [0.717, 1.165) is 0 Å². The van der Waals surface area contributed by atoms with Crippen LogP contribution in [0.2, 0.25) is 0 Å². The van der Waals surface area contributed by atoms with E-state index in [2.05, 4.69) is 0 Å². The van der Waals surface area contributed by atoms with Gasteiger partial charge in [-0.3, -0.25) is 4.79 Å². The summed E-state index contributed by atoms with van der Waals surface area (Å²) in [5.41, 5.74) is 0. The van der Waals surface area contributed by atoms with Crippen LogP contribution in [0.25, 0.3) is 0 Å². The van der Waals surface area contributed by atoms with Crippen molar-refractivity contribution < 1.29 is 14.7 Å². The van der Waals surface area contributed by atoms with Gasteiger partial charge in [-0.2, -0.15) is 0 Å². The molecule has 0 aromatic rings. The van der Waals surface area contributed by atoms with Crippen molar-refractivity contribution in [2.75, 3.05) is 27.2 Å². The van der Waals surface area contributed by atoms with Crippen LogP contribution in [0.1, 0.15) is 13.3 Å². The molecular weight excluding hydrogens is 196 g/mol. The Morgan fingerprint density at radius 3 is 2.40 bits per heavy atom. The Morgan fingerprint density at radius 1 is 1.33 bits per heavy atom. The second-order valence-corrected chi connectivity index (χ2v) is 4.46. The van der Waals surface area contributed by atoms with Gasteiger partial charge >= 0.3 is 12.0 Å². The summed E-state index contributed by atoms with van der Waals surface area (Å²) in [7, 11) is 3.36. The minimum atomic E-state index is -0.807. The Bertz CT molecular complexity index is 265. The minimum Gasteiger partial charge on any atom is -0.481 e. The van der Waals surface area contributed by atoms with E-state index in [1.165, 1.54) is 4.90 Å². The van der Waals surface area contributed by atoms with Crippen molar-refractivity contribution in [2.45, 2.75) is 13.3 Å².